The highest BCUT2D eigenvalue weighted by Gasteiger charge is 2.15. The Hall–Kier alpha value is -2.20. The molecule has 0 atom stereocenters. The van der Waals surface area contributed by atoms with Gasteiger partial charge < -0.3 is 11.1 Å². The molecule has 0 bridgehead atoms. The SMILES string of the molecule is CNc1ccc2c(c(N)nn2C)c1-c1cccc(Cl)c1. The lowest BCUT2D eigenvalue weighted by molar-refractivity contribution is 0.802. The van der Waals surface area contributed by atoms with Crippen molar-refractivity contribution < 1.29 is 0 Å². The van der Waals surface area contributed by atoms with Crippen LogP contribution < -0.4 is 11.1 Å². The monoisotopic (exact) mass is 286 g/mol. The molecule has 20 heavy (non-hydrogen) atoms. The molecule has 0 spiro atoms. The maximum Gasteiger partial charge on any atom is 0.154 e. The van der Waals surface area contributed by atoms with Crippen molar-refractivity contribution in [2.75, 3.05) is 18.1 Å². The molecule has 1 heterocycles. The number of anilines is 2. The molecule has 5 heteroatoms. The highest BCUT2D eigenvalue weighted by Crippen LogP contribution is 2.38. The number of nitrogens with zero attached hydrogens (tertiary/aromatic N) is 2. The lowest BCUT2D eigenvalue weighted by atomic mass is 9.99. The van der Waals surface area contributed by atoms with Crippen molar-refractivity contribution in [1.29, 1.82) is 0 Å². The third kappa shape index (κ3) is 1.89. The quantitative estimate of drug-likeness (QED) is 0.758. The predicted molar refractivity (Wildman–Crippen MR) is 85.1 cm³/mol. The number of aromatic nitrogens is 2. The van der Waals surface area contributed by atoms with Gasteiger partial charge in [-0.2, -0.15) is 5.10 Å². The van der Waals surface area contributed by atoms with Crippen LogP contribution in [0.4, 0.5) is 11.5 Å². The molecule has 0 unspecified atom stereocenters. The van der Waals surface area contributed by atoms with Crippen molar-refractivity contribution in [3.63, 3.8) is 0 Å². The second kappa shape index (κ2) is 4.72. The van der Waals surface area contributed by atoms with Crippen molar-refractivity contribution >= 4 is 34.0 Å². The van der Waals surface area contributed by atoms with Gasteiger partial charge >= 0.3 is 0 Å². The summed E-state index contributed by atoms with van der Waals surface area (Å²) in [5.41, 5.74) is 10.1. The van der Waals surface area contributed by atoms with Gasteiger partial charge in [0.2, 0.25) is 0 Å². The molecule has 0 aliphatic carbocycles. The molecule has 2 aromatic carbocycles. The Balaban J connectivity index is 2.43. The number of halogens is 1. The molecule has 0 radical (unpaired) electrons. The number of rotatable bonds is 2. The number of aryl methyl sites for hydroxylation is 1. The van der Waals surface area contributed by atoms with Crippen LogP contribution in [-0.2, 0) is 7.05 Å². The first-order chi connectivity index (χ1) is 9.61. The van der Waals surface area contributed by atoms with E-state index >= 15 is 0 Å². The molecular formula is C15H15ClN4. The van der Waals surface area contributed by atoms with Gasteiger partial charge in [-0.3, -0.25) is 4.68 Å². The molecule has 1 aromatic heterocycles. The Kier molecular flexibility index (Phi) is 3.03. The Bertz CT molecular complexity index is 792. The molecule has 4 nitrogen and oxygen atoms in total. The van der Waals surface area contributed by atoms with E-state index in [9.17, 15) is 0 Å². The second-order valence-electron chi connectivity index (χ2n) is 4.65. The van der Waals surface area contributed by atoms with Crippen LogP contribution >= 0.6 is 11.6 Å². The van der Waals surface area contributed by atoms with Gasteiger partial charge in [-0.05, 0) is 29.8 Å². The summed E-state index contributed by atoms with van der Waals surface area (Å²) < 4.78 is 1.79. The first-order valence-electron chi connectivity index (χ1n) is 6.30. The van der Waals surface area contributed by atoms with Gasteiger partial charge in [-0.1, -0.05) is 23.7 Å². The van der Waals surface area contributed by atoms with Crippen LogP contribution in [0.3, 0.4) is 0 Å². The normalized spacial score (nSPS) is 10.9. The van der Waals surface area contributed by atoms with Crippen LogP contribution in [-0.4, -0.2) is 16.8 Å². The van der Waals surface area contributed by atoms with Gasteiger partial charge in [0.15, 0.2) is 5.82 Å². The number of nitrogen functional groups attached to an aromatic ring is 1. The smallest absolute Gasteiger partial charge is 0.154 e. The first kappa shape index (κ1) is 12.8. The second-order valence-corrected chi connectivity index (χ2v) is 5.09. The van der Waals surface area contributed by atoms with E-state index in [-0.39, 0.29) is 0 Å². The van der Waals surface area contributed by atoms with Crippen molar-refractivity contribution in [2.45, 2.75) is 0 Å². The average Bonchev–Trinajstić information content (AvgIpc) is 2.73. The number of hydrogen-bond donors (Lipinski definition) is 2. The fraction of sp³-hybridized carbons (Fsp3) is 0.133. The minimum Gasteiger partial charge on any atom is -0.388 e. The van der Waals surface area contributed by atoms with Crippen LogP contribution in [0.5, 0.6) is 0 Å². The molecule has 102 valence electrons. The summed E-state index contributed by atoms with van der Waals surface area (Å²) in [4.78, 5) is 0. The van der Waals surface area contributed by atoms with Crippen LogP contribution in [0, 0.1) is 0 Å². The van der Waals surface area contributed by atoms with E-state index in [1.54, 1.807) is 4.68 Å². The number of hydrogen-bond acceptors (Lipinski definition) is 3. The summed E-state index contributed by atoms with van der Waals surface area (Å²) in [7, 11) is 3.78. The van der Waals surface area contributed by atoms with Crippen LogP contribution in [0.15, 0.2) is 36.4 Å². The van der Waals surface area contributed by atoms with Crippen molar-refractivity contribution in [3.05, 3.63) is 41.4 Å². The third-order valence-electron chi connectivity index (χ3n) is 3.43. The lowest BCUT2D eigenvalue weighted by Gasteiger charge is -2.12. The van der Waals surface area contributed by atoms with E-state index in [4.69, 9.17) is 17.3 Å². The molecule has 0 aliphatic rings. The summed E-state index contributed by atoms with van der Waals surface area (Å²) in [6.07, 6.45) is 0. The molecule has 0 amide bonds. The zero-order chi connectivity index (χ0) is 14.3. The predicted octanol–water partition coefficient (Wildman–Crippen LogP) is 3.52. The number of nitrogens with two attached hydrogens (primary N) is 1. The van der Waals surface area contributed by atoms with Gasteiger partial charge in [-0.15, -0.1) is 0 Å². The Morgan fingerprint density at radius 1 is 1.25 bits per heavy atom. The van der Waals surface area contributed by atoms with Crippen molar-refractivity contribution in [3.8, 4) is 11.1 Å². The minimum absolute atomic E-state index is 0.523. The Morgan fingerprint density at radius 2 is 2.05 bits per heavy atom. The highest BCUT2D eigenvalue weighted by molar-refractivity contribution is 6.31. The number of fused-ring (bicyclic) bond motifs is 1. The molecule has 3 rings (SSSR count). The third-order valence-corrected chi connectivity index (χ3v) is 3.66. The molecule has 3 N–H and O–H groups in total. The van der Waals surface area contributed by atoms with E-state index in [0.29, 0.717) is 10.8 Å². The van der Waals surface area contributed by atoms with Crippen LogP contribution in [0.1, 0.15) is 0 Å². The van der Waals surface area contributed by atoms with E-state index in [2.05, 4.69) is 10.4 Å². The van der Waals surface area contributed by atoms with Gasteiger partial charge in [0.1, 0.15) is 0 Å². The molecule has 3 aromatic rings. The maximum absolute atomic E-state index is 6.11. The lowest BCUT2D eigenvalue weighted by Crippen LogP contribution is -1.94. The largest absolute Gasteiger partial charge is 0.388 e. The molecule has 0 saturated carbocycles. The molecule has 0 aliphatic heterocycles. The molecular weight excluding hydrogens is 272 g/mol. The van der Waals surface area contributed by atoms with Crippen molar-refractivity contribution in [2.24, 2.45) is 7.05 Å². The van der Waals surface area contributed by atoms with Gasteiger partial charge in [0.05, 0.1) is 10.9 Å². The fourth-order valence-corrected chi connectivity index (χ4v) is 2.73. The first-order valence-corrected chi connectivity index (χ1v) is 6.68. The van der Waals surface area contributed by atoms with E-state index in [0.717, 1.165) is 27.7 Å². The molecule has 0 saturated heterocycles. The van der Waals surface area contributed by atoms with E-state index in [1.807, 2.05) is 50.5 Å². The Morgan fingerprint density at radius 3 is 2.75 bits per heavy atom. The Labute approximate surface area is 122 Å². The standard InChI is InChI=1S/C15H15ClN4/c1-18-11-6-7-12-14(15(17)19-20(12)2)13(11)9-4-3-5-10(16)8-9/h3-8,18H,1-2H3,(H2,17,19). The topological polar surface area (TPSA) is 55.9 Å². The number of benzene rings is 2. The van der Waals surface area contributed by atoms with Gasteiger partial charge in [0, 0.05) is 30.4 Å². The van der Waals surface area contributed by atoms with E-state index < -0.39 is 0 Å². The zero-order valence-electron chi connectivity index (χ0n) is 11.3. The average molecular weight is 287 g/mol. The minimum atomic E-state index is 0.523. The van der Waals surface area contributed by atoms with Crippen LogP contribution in [0.2, 0.25) is 5.02 Å². The zero-order valence-corrected chi connectivity index (χ0v) is 12.1. The summed E-state index contributed by atoms with van der Waals surface area (Å²) >= 11 is 6.11. The van der Waals surface area contributed by atoms with Gasteiger partial charge in [0.25, 0.3) is 0 Å². The van der Waals surface area contributed by atoms with Gasteiger partial charge in [-0.25, -0.2) is 0 Å². The highest BCUT2D eigenvalue weighted by atomic mass is 35.5. The summed E-state index contributed by atoms with van der Waals surface area (Å²) in [5, 5.41) is 9.16. The van der Waals surface area contributed by atoms with Crippen LogP contribution in [0.25, 0.3) is 22.0 Å². The van der Waals surface area contributed by atoms with E-state index in [1.165, 1.54) is 0 Å². The summed E-state index contributed by atoms with van der Waals surface area (Å²) in [6, 6.07) is 11.8. The van der Waals surface area contributed by atoms with Crippen molar-refractivity contribution in [1.82, 2.24) is 9.78 Å². The summed E-state index contributed by atoms with van der Waals surface area (Å²) in [5.74, 6) is 0.523. The number of nitrogens with one attached hydrogen (secondary N) is 1. The molecule has 0 fully saturated rings. The maximum atomic E-state index is 6.11. The summed E-state index contributed by atoms with van der Waals surface area (Å²) in [6.45, 7) is 0. The fourth-order valence-electron chi connectivity index (χ4n) is 2.54.